The van der Waals surface area contributed by atoms with Crippen molar-refractivity contribution in [3.05, 3.63) is 120 Å². The van der Waals surface area contributed by atoms with E-state index in [0.717, 1.165) is 21.9 Å². The van der Waals surface area contributed by atoms with Gasteiger partial charge in [-0.25, -0.2) is 4.98 Å². The number of hydrogen-bond acceptors (Lipinski definition) is 8. The van der Waals surface area contributed by atoms with Crippen LogP contribution in [0.4, 0.5) is 10.8 Å². The lowest BCUT2D eigenvalue weighted by Gasteiger charge is -2.15. The van der Waals surface area contributed by atoms with Gasteiger partial charge in [0.25, 0.3) is 11.8 Å². The first-order chi connectivity index (χ1) is 22.4. The number of anilines is 2. The number of hydrogen-bond donors (Lipinski definition) is 3. The van der Waals surface area contributed by atoms with Gasteiger partial charge in [-0.3, -0.25) is 14.4 Å². The number of furan rings is 1. The van der Waals surface area contributed by atoms with E-state index in [1.807, 2.05) is 49.6 Å². The molecule has 1 atom stereocenters. The molecule has 5 aromatic rings. The third-order valence-electron chi connectivity index (χ3n) is 6.59. The van der Waals surface area contributed by atoms with Crippen LogP contribution in [0.25, 0.3) is 17.3 Å². The van der Waals surface area contributed by atoms with E-state index in [-0.39, 0.29) is 11.6 Å². The van der Waals surface area contributed by atoms with E-state index >= 15 is 0 Å². The molecule has 3 amide bonds. The summed E-state index contributed by atoms with van der Waals surface area (Å²) in [4.78, 5) is 44.8. The molecule has 5 rings (SSSR count). The first-order valence-corrected chi connectivity index (χ1v) is 16.4. The van der Waals surface area contributed by atoms with Crippen LogP contribution in [0.2, 0.25) is 0 Å². The van der Waals surface area contributed by atoms with Gasteiger partial charge in [-0.15, -0.1) is 23.1 Å². The van der Waals surface area contributed by atoms with E-state index in [4.69, 9.17) is 9.15 Å². The summed E-state index contributed by atoms with van der Waals surface area (Å²) in [6, 6.07) is 26.9. The summed E-state index contributed by atoms with van der Waals surface area (Å²) in [6.07, 6.45) is 3.52. The summed E-state index contributed by atoms with van der Waals surface area (Å²) in [5.74, 6) is 0.0801. The summed E-state index contributed by atoms with van der Waals surface area (Å²) in [5.41, 5.74) is 2.63. The minimum absolute atomic E-state index is 0.0146. The molecule has 46 heavy (non-hydrogen) atoms. The standard InChI is InChI=1S/C35H32N4O5S2/c1-3-31(34(42)39-35-38-30(22-45-35)23-15-17-26(18-16-23)43-4-2)46-28-14-8-12-25(20-28)36-33(41)29(21-27-13-9-19-44-27)37-32(40)24-10-6-5-7-11-24/h5-22,31H,3-4H2,1-2H3,(H,36,41)(H,37,40)(H,38,39,42)/b29-21-. The fourth-order valence-electron chi connectivity index (χ4n) is 4.33. The predicted molar refractivity (Wildman–Crippen MR) is 183 cm³/mol. The van der Waals surface area contributed by atoms with Crippen molar-refractivity contribution in [3.8, 4) is 17.0 Å². The molecule has 0 saturated carbocycles. The topological polar surface area (TPSA) is 123 Å². The zero-order chi connectivity index (χ0) is 32.3. The van der Waals surface area contributed by atoms with Gasteiger partial charge in [-0.1, -0.05) is 31.2 Å². The van der Waals surface area contributed by atoms with Crippen molar-refractivity contribution in [1.29, 1.82) is 0 Å². The number of rotatable bonds is 13. The number of aromatic nitrogens is 1. The largest absolute Gasteiger partial charge is 0.494 e. The predicted octanol–water partition coefficient (Wildman–Crippen LogP) is 7.72. The molecule has 2 heterocycles. The fraction of sp³-hybridized carbons (Fsp3) is 0.143. The smallest absolute Gasteiger partial charge is 0.272 e. The van der Waals surface area contributed by atoms with Crippen LogP contribution < -0.4 is 20.7 Å². The lowest BCUT2D eigenvalue weighted by molar-refractivity contribution is -0.116. The van der Waals surface area contributed by atoms with Gasteiger partial charge in [0.15, 0.2) is 5.13 Å². The van der Waals surface area contributed by atoms with Gasteiger partial charge < -0.3 is 25.1 Å². The van der Waals surface area contributed by atoms with Gasteiger partial charge in [-0.2, -0.15) is 0 Å². The molecule has 0 aliphatic carbocycles. The van der Waals surface area contributed by atoms with E-state index in [9.17, 15) is 14.4 Å². The number of carbonyl (C=O) groups is 3. The first-order valence-electron chi connectivity index (χ1n) is 14.6. The number of nitrogens with zero attached hydrogens (tertiary/aromatic N) is 1. The van der Waals surface area contributed by atoms with E-state index < -0.39 is 17.1 Å². The van der Waals surface area contributed by atoms with E-state index in [1.54, 1.807) is 60.7 Å². The van der Waals surface area contributed by atoms with Crippen molar-refractivity contribution < 1.29 is 23.5 Å². The van der Waals surface area contributed by atoms with Gasteiger partial charge in [0, 0.05) is 33.2 Å². The Morgan fingerprint density at radius 1 is 0.957 bits per heavy atom. The highest BCUT2D eigenvalue weighted by Crippen LogP contribution is 2.31. The van der Waals surface area contributed by atoms with Crippen LogP contribution in [-0.4, -0.2) is 34.6 Å². The average Bonchev–Trinajstić information content (AvgIpc) is 3.77. The molecule has 9 nitrogen and oxygen atoms in total. The molecule has 0 radical (unpaired) electrons. The van der Waals surface area contributed by atoms with Crippen LogP contribution in [-0.2, 0) is 9.59 Å². The Kier molecular flexibility index (Phi) is 11.0. The zero-order valence-electron chi connectivity index (χ0n) is 25.2. The van der Waals surface area contributed by atoms with E-state index in [0.29, 0.717) is 35.2 Å². The van der Waals surface area contributed by atoms with Crippen molar-refractivity contribution >= 4 is 57.7 Å². The number of amides is 3. The van der Waals surface area contributed by atoms with Crippen molar-refractivity contribution in [1.82, 2.24) is 10.3 Å². The van der Waals surface area contributed by atoms with Crippen LogP contribution in [0.15, 0.2) is 118 Å². The fourth-order valence-corrected chi connectivity index (χ4v) is 6.06. The molecule has 0 spiro atoms. The molecule has 234 valence electrons. The Morgan fingerprint density at radius 2 is 1.76 bits per heavy atom. The minimum Gasteiger partial charge on any atom is -0.494 e. The van der Waals surface area contributed by atoms with Crippen LogP contribution in [0.3, 0.4) is 0 Å². The number of benzene rings is 3. The maximum absolute atomic E-state index is 13.3. The molecular weight excluding hydrogens is 621 g/mol. The molecule has 0 aliphatic heterocycles. The highest BCUT2D eigenvalue weighted by Gasteiger charge is 2.21. The SMILES string of the molecule is CCOc1ccc(-c2csc(NC(=O)C(CC)Sc3cccc(NC(=O)/C(=C/c4ccco4)NC(=O)c4ccccc4)c3)n2)cc1. The zero-order valence-corrected chi connectivity index (χ0v) is 26.8. The highest BCUT2D eigenvalue weighted by atomic mass is 32.2. The highest BCUT2D eigenvalue weighted by molar-refractivity contribution is 8.00. The Bertz CT molecular complexity index is 1800. The number of carbonyl (C=O) groups excluding carboxylic acids is 3. The van der Waals surface area contributed by atoms with Crippen LogP contribution >= 0.6 is 23.1 Å². The Labute approximate surface area is 275 Å². The molecule has 0 fully saturated rings. The maximum atomic E-state index is 13.3. The summed E-state index contributed by atoms with van der Waals surface area (Å²) in [5, 5.41) is 10.5. The number of nitrogens with one attached hydrogen (secondary N) is 3. The van der Waals surface area contributed by atoms with Gasteiger partial charge in [0.2, 0.25) is 5.91 Å². The second-order valence-electron chi connectivity index (χ2n) is 9.87. The number of ether oxygens (including phenoxy) is 1. The summed E-state index contributed by atoms with van der Waals surface area (Å²) >= 11 is 2.75. The quantitative estimate of drug-likeness (QED) is 0.0879. The van der Waals surface area contributed by atoms with Crippen LogP contribution in [0.5, 0.6) is 5.75 Å². The average molecular weight is 653 g/mol. The third-order valence-corrected chi connectivity index (χ3v) is 8.70. The molecule has 0 aliphatic rings. The van der Waals surface area contributed by atoms with Crippen molar-refractivity contribution in [2.24, 2.45) is 0 Å². The second-order valence-corrected chi connectivity index (χ2v) is 12.0. The molecule has 3 aromatic carbocycles. The summed E-state index contributed by atoms with van der Waals surface area (Å²) in [6.45, 7) is 4.48. The van der Waals surface area contributed by atoms with Gasteiger partial charge in [0.1, 0.15) is 17.2 Å². The second kappa shape index (κ2) is 15.7. The van der Waals surface area contributed by atoms with Crippen LogP contribution in [0, 0.1) is 0 Å². The Morgan fingerprint density at radius 3 is 2.48 bits per heavy atom. The maximum Gasteiger partial charge on any atom is 0.272 e. The molecule has 1 unspecified atom stereocenters. The van der Waals surface area contributed by atoms with E-state index in [2.05, 4.69) is 20.9 Å². The first kappa shape index (κ1) is 32.3. The molecule has 2 aromatic heterocycles. The lowest BCUT2D eigenvalue weighted by Crippen LogP contribution is -2.30. The number of thiazole rings is 1. The third kappa shape index (κ3) is 8.74. The Hall–Kier alpha value is -5.13. The van der Waals surface area contributed by atoms with Gasteiger partial charge in [-0.05, 0) is 80.1 Å². The molecule has 0 bridgehead atoms. The lowest BCUT2D eigenvalue weighted by atomic mass is 10.2. The number of thioether (sulfide) groups is 1. The van der Waals surface area contributed by atoms with Crippen LogP contribution in [0.1, 0.15) is 36.4 Å². The molecule has 11 heteroatoms. The molecule has 0 saturated heterocycles. The molecule has 3 N–H and O–H groups in total. The van der Waals surface area contributed by atoms with Crippen molar-refractivity contribution in [3.63, 3.8) is 0 Å². The van der Waals surface area contributed by atoms with E-state index in [1.165, 1.54) is 35.4 Å². The minimum atomic E-state index is -0.528. The molecular formula is C35H32N4O5S2. The normalized spacial score (nSPS) is 11.8. The monoisotopic (exact) mass is 652 g/mol. The van der Waals surface area contributed by atoms with Crippen molar-refractivity contribution in [2.75, 3.05) is 17.2 Å². The van der Waals surface area contributed by atoms with Crippen molar-refractivity contribution in [2.45, 2.75) is 30.4 Å². The van der Waals surface area contributed by atoms with Gasteiger partial charge >= 0.3 is 0 Å². The summed E-state index contributed by atoms with van der Waals surface area (Å²) < 4.78 is 10.9. The summed E-state index contributed by atoms with van der Waals surface area (Å²) in [7, 11) is 0. The Balaban J connectivity index is 1.23. The van der Waals surface area contributed by atoms with Gasteiger partial charge in [0.05, 0.1) is 23.8 Å².